The van der Waals surface area contributed by atoms with Crippen LogP contribution in [0.1, 0.15) is 16.7 Å². The summed E-state index contributed by atoms with van der Waals surface area (Å²) in [5.74, 6) is 0. The molecule has 2 atom stereocenters. The van der Waals surface area contributed by atoms with E-state index >= 15 is 0 Å². The number of likely N-dealkylation sites (tertiary alicyclic amines) is 1. The lowest BCUT2D eigenvalue weighted by Gasteiger charge is -2.34. The van der Waals surface area contributed by atoms with Gasteiger partial charge in [0.15, 0.2) is 0 Å². The molecular formula is C20H24N2O. The summed E-state index contributed by atoms with van der Waals surface area (Å²) >= 11 is 0. The zero-order valence-electron chi connectivity index (χ0n) is 13.4. The molecule has 2 aliphatic heterocycles. The number of β-amino-alcohol motifs (C(OH)–C–C–N with tert-alkyl or cyclic N) is 1. The lowest BCUT2D eigenvalue weighted by atomic mass is 9.98. The number of hydrogen-bond acceptors (Lipinski definition) is 3. The summed E-state index contributed by atoms with van der Waals surface area (Å²) in [4.78, 5) is 4.85. The Morgan fingerprint density at radius 3 is 2.48 bits per heavy atom. The van der Waals surface area contributed by atoms with Crippen molar-refractivity contribution >= 4 is 0 Å². The van der Waals surface area contributed by atoms with Crippen molar-refractivity contribution in [3.05, 3.63) is 71.3 Å². The molecule has 1 saturated heterocycles. The third-order valence-electron chi connectivity index (χ3n) is 5.21. The Labute approximate surface area is 138 Å². The van der Waals surface area contributed by atoms with Gasteiger partial charge in [-0.2, -0.15) is 0 Å². The minimum absolute atomic E-state index is 0.246. The molecule has 0 aromatic heterocycles. The zero-order valence-corrected chi connectivity index (χ0v) is 13.4. The van der Waals surface area contributed by atoms with E-state index in [-0.39, 0.29) is 12.1 Å². The van der Waals surface area contributed by atoms with E-state index in [1.807, 2.05) is 0 Å². The van der Waals surface area contributed by atoms with Crippen LogP contribution in [-0.2, 0) is 19.5 Å². The highest BCUT2D eigenvalue weighted by atomic mass is 16.3. The number of fused-ring (bicyclic) bond motifs is 1. The maximum atomic E-state index is 10.6. The second-order valence-corrected chi connectivity index (χ2v) is 6.80. The van der Waals surface area contributed by atoms with Gasteiger partial charge in [-0.1, -0.05) is 54.6 Å². The van der Waals surface area contributed by atoms with Gasteiger partial charge < -0.3 is 5.11 Å². The Kier molecular flexibility index (Phi) is 4.17. The molecule has 2 aromatic rings. The van der Waals surface area contributed by atoms with E-state index in [9.17, 15) is 5.11 Å². The summed E-state index contributed by atoms with van der Waals surface area (Å²) in [7, 11) is 0. The van der Waals surface area contributed by atoms with Crippen LogP contribution in [-0.4, -0.2) is 46.7 Å². The normalized spacial score (nSPS) is 25.4. The van der Waals surface area contributed by atoms with Crippen molar-refractivity contribution in [2.45, 2.75) is 31.7 Å². The van der Waals surface area contributed by atoms with Gasteiger partial charge in [0.05, 0.1) is 6.10 Å². The first-order chi connectivity index (χ1) is 11.3. The Hall–Kier alpha value is -1.68. The van der Waals surface area contributed by atoms with Crippen molar-refractivity contribution < 1.29 is 5.11 Å². The van der Waals surface area contributed by atoms with Crippen molar-refractivity contribution in [3.63, 3.8) is 0 Å². The molecule has 3 heteroatoms. The molecule has 23 heavy (non-hydrogen) atoms. The molecule has 0 bridgehead atoms. The molecule has 0 saturated carbocycles. The summed E-state index contributed by atoms with van der Waals surface area (Å²) in [6.07, 6.45) is 0.849. The van der Waals surface area contributed by atoms with Crippen LogP contribution in [0.4, 0.5) is 0 Å². The predicted octanol–water partition coefficient (Wildman–Crippen LogP) is 2.29. The molecule has 2 aliphatic rings. The van der Waals surface area contributed by atoms with Gasteiger partial charge in [-0.25, -0.2) is 0 Å². The summed E-state index contributed by atoms with van der Waals surface area (Å²) in [6, 6.07) is 19.5. The summed E-state index contributed by atoms with van der Waals surface area (Å²) < 4.78 is 0. The van der Waals surface area contributed by atoms with E-state index in [0.717, 1.165) is 39.1 Å². The highest BCUT2D eigenvalue weighted by molar-refractivity contribution is 5.29. The first kappa shape index (κ1) is 14.9. The van der Waals surface area contributed by atoms with Gasteiger partial charge in [-0.05, 0) is 23.1 Å². The second-order valence-electron chi connectivity index (χ2n) is 6.80. The van der Waals surface area contributed by atoms with Gasteiger partial charge >= 0.3 is 0 Å². The van der Waals surface area contributed by atoms with Gasteiger partial charge in [0, 0.05) is 38.8 Å². The summed E-state index contributed by atoms with van der Waals surface area (Å²) in [5.41, 5.74) is 4.22. The number of hydrogen-bond donors (Lipinski definition) is 1. The van der Waals surface area contributed by atoms with Crippen molar-refractivity contribution in [1.29, 1.82) is 0 Å². The lowest BCUT2D eigenvalue weighted by molar-refractivity contribution is 0.0746. The molecule has 2 aromatic carbocycles. The quantitative estimate of drug-likeness (QED) is 0.942. The van der Waals surface area contributed by atoms with E-state index in [0.29, 0.717) is 0 Å². The Bertz CT molecular complexity index is 658. The molecule has 0 spiro atoms. The molecule has 3 nitrogen and oxygen atoms in total. The maximum Gasteiger partial charge on any atom is 0.0834 e. The van der Waals surface area contributed by atoms with E-state index in [1.54, 1.807) is 0 Å². The number of aliphatic hydroxyl groups is 1. The highest BCUT2D eigenvalue weighted by Gasteiger charge is 2.36. The lowest BCUT2D eigenvalue weighted by Crippen LogP contribution is -2.45. The smallest absolute Gasteiger partial charge is 0.0834 e. The van der Waals surface area contributed by atoms with E-state index < -0.39 is 0 Å². The van der Waals surface area contributed by atoms with Crippen LogP contribution in [0.2, 0.25) is 0 Å². The average Bonchev–Trinajstić information content (AvgIpc) is 2.95. The Morgan fingerprint density at radius 2 is 1.65 bits per heavy atom. The predicted molar refractivity (Wildman–Crippen MR) is 92.1 cm³/mol. The molecule has 120 valence electrons. The fourth-order valence-corrected chi connectivity index (χ4v) is 3.98. The first-order valence-electron chi connectivity index (χ1n) is 8.55. The average molecular weight is 308 g/mol. The van der Waals surface area contributed by atoms with Gasteiger partial charge in [0.1, 0.15) is 0 Å². The summed E-state index contributed by atoms with van der Waals surface area (Å²) in [5, 5.41) is 10.6. The van der Waals surface area contributed by atoms with E-state index in [4.69, 9.17) is 0 Å². The SMILES string of the molecule is OC1CN(Cc2ccccc2)CC1N1CCc2ccccc2C1. The first-order valence-corrected chi connectivity index (χ1v) is 8.55. The number of nitrogens with zero attached hydrogens (tertiary/aromatic N) is 2. The fourth-order valence-electron chi connectivity index (χ4n) is 3.98. The topological polar surface area (TPSA) is 26.7 Å². The fraction of sp³-hybridized carbons (Fsp3) is 0.400. The van der Waals surface area contributed by atoms with Crippen molar-refractivity contribution in [2.24, 2.45) is 0 Å². The van der Waals surface area contributed by atoms with Gasteiger partial charge in [0.2, 0.25) is 0 Å². The molecule has 2 heterocycles. The van der Waals surface area contributed by atoms with Crippen LogP contribution in [0.25, 0.3) is 0 Å². The molecule has 0 amide bonds. The molecule has 1 fully saturated rings. The highest BCUT2D eigenvalue weighted by Crippen LogP contribution is 2.25. The van der Waals surface area contributed by atoms with Crippen molar-refractivity contribution in [3.8, 4) is 0 Å². The molecular weight excluding hydrogens is 284 g/mol. The van der Waals surface area contributed by atoms with Crippen LogP contribution in [0.15, 0.2) is 54.6 Å². The second kappa shape index (κ2) is 6.44. The number of rotatable bonds is 3. The Morgan fingerprint density at radius 1 is 0.913 bits per heavy atom. The maximum absolute atomic E-state index is 10.6. The van der Waals surface area contributed by atoms with Crippen molar-refractivity contribution in [1.82, 2.24) is 9.80 Å². The molecule has 1 N–H and O–H groups in total. The molecule has 0 aliphatic carbocycles. The minimum Gasteiger partial charge on any atom is -0.390 e. The largest absolute Gasteiger partial charge is 0.390 e. The zero-order chi connectivity index (χ0) is 15.6. The molecule has 2 unspecified atom stereocenters. The minimum atomic E-state index is -0.246. The van der Waals surface area contributed by atoms with Gasteiger partial charge in [-0.3, -0.25) is 9.80 Å². The van der Waals surface area contributed by atoms with Gasteiger partial charge in [-0.15, -0.1) is 0 Å². The van der Waals surface area contributed by atoms with Crippen LogP contribution in [0.3, 0.4) is 0 Å². The van der Waals surface area contributed by atoms with E-state index in [1.165, 1.54) is 16.7 Å². The van der Waals surface area contributed by atoms with Gasteiger partial charge in [0.25, 0.3) is 0 Å². The number of benzene rings is 2. The number of aliphatic hydroxyl groups excluding tert-OH is 1. The third-order valence-corrected chi connectivity index (χ3v) is 5.21. The van der Waals surface area contributed by atoms with E-state index in [2.05, 4.69) is 64.4 Å². The molecule has 4 rings (SSSR count). The monoisotopic (exact) mass is 308 g/mol. The standard InChI is InChI=1S/C20H24N2O/c23-20-15-21(12-16-6-2-1-3-7-16)14-19(20)22-11-10-17-8-4-5-9-18(17)13-22/h1-9,19-20,23H,10-15H2. The Balaban J connectivity index is 1.42. The van der Waals surface area contributed by atoms with Crippen LogP contribution < -0.4 is 0 Å². The molecule has 0 radical (unpaired) electrons. The van der Waals surface area contributed by atoms with Crippen molar-refractivity contribution in [2.75, 3.05) is 19.6 Å². The van der Waals surface area contributed by atoms with Crippen LogP contribution >= 0.6 is 0 Å². The van der Waals surface area contributed by atoms with Crippen LogP contribution in [0, 0.1) is 0 Å². The van der Waals surface area contributed by atoms with Crippen LogP contribution in [0.5, 0.6) is 0 Å². The summed E-state index contributed by atoms with van der Waals surface area (Å²) in [6.45, 7) is 4.68. The third kappa shape index (κ3) is 3.18.